The van der Waals surface area contributed by atoms with Gasteiger partial charge in [0.1, 0.15) is 4.83 Å². The lowest BCUT2D eigenvalue weighted by Gasteiger charge is -2.06. The van der Waals surface area contributed by atoms with Gasteiger partial charge in [0.25, 0.3) is 0 Å². The van der Waals surface area contributed by atoms with E-state index in [1.165, 1.54) is 11.3 Å². The molecule has 3 aromatic heterocycles. The number of pyridine rings is 1. The second kappa shape index (κ2) is 5.19. The molecule has 0 spiro atoms. The Balaban J connectivity index is 1.73. The highest BCUT2D eigenvalue weighted by Gasteiger charge is 2.08. The minimum absolute atomic E-state index is 0.239. The fraction of sp³-hybridized carbons (Fsp3) is 0.154. The number of hydrogen-bond acceptors (Lipinski definition) is 6. The molecule has 2 N–H and O–H groups in total. The third-order valence-corrected chi connectivity index (χ3v) is 3.44. The Morgan fingerprint density at radius 1 is 1.21 bits per heavy atom. The molecule has 3 heterocycles. The van der Waals surface area contributed by atoms with E-state index in [1.54, 1.807) is 6.20 Å². The number of ether oxygens (including phenoxy) is 1. The van der Waals surface area contributed by atoms with Crippen molar-refractivity contribution in [3.8, 4) is 5.88 Å². The van der Waals surface area contributed by atoms with Crippen LogP contribution in [0.3, 0.4) is 0 Å². The largest absolute Gasteiger partial charge is 0.477 e. The Morgan fingerprint density at radius 3 is 3.00 bits per heavy atom. The number of nitrogens with two attached hydrogens (primary N) is 1. The molecular weight excluding hydrogens is 260 g/mol. The van der Waals surface area contributed by atoms with E-state index in [4.69, 9.17) is 10.5 Å². The third-order valence-electron chi connectivity index (χ3n) is 2.63. The summed E-state index contributed by atoms with van der Waals surface area (Å²) >= 11 is 1.52. The van der Waals surface area contributed by atoms with Crippen LogP contribution in [0, 0.1) is 0 Å². The molecule has 0 aliphatic rings. The molecule has 0 aromatic carbocycles. The van der Waals surface area contributed by atoms with Gasteiger partial charge in [-0.3, -0.25) is 4.98 Å². The van der Waals surface area contributed by atoms with Crippen LogP contribution in [-0.2, 0) is 6.42 Å². The minimum Gasteiger partial charge on any atom is -0.477 e. The van der Waals surface area contributed by atoms with Crippen LogP contribution < -0.4 is 10.5 Å². The first-order valence-electron chi connectivity index (χ1n) is 5.86. The summed E-state index contributed by atoms with van der Waals surface area (Å²) in [5.74, 6) is 0.780. The van der Waals surface area contributed by atoms with Gasteiger partial charge in [0, 0.05) is 18.3 Å². The SMILES string of the molecule is Nc1nc(OCCc2ccccn2)c2ccsc2n1. The quantitative estimate of drug-likeness (QED) is 0.788. The summed E-state index contributed by atoms with van der Waals surface area (Å²) in [4.78, 5) is 13.4. The van der Waals surface area contributed by atoms with Crippen molar-refractivity contribution in [3.63, 3.8) is 0 Å². The van der Waals surface area contributed by atoms with Crippen LogP contribution in [0.15, 0.2) is 35.8 Å². The van der Waals surface area contributed by atoms with Crippen LogP contribution in [0.5, 0.6) is 5.88 Å². The van der Waals surface area contributed by atoms with Crippen molar-refractivity contribution in [2.45, 2.75) is 6.42 Å². The van der Waals surface area contributed by atoms with Crippen molar-refractivity contribution in [2.24, 2.45) is 0 Å². The highest BCUT2D eigenvalue weighted by atomic mass is 32.1. The standard InChI is InChI=1S/C13H12N4OS/c14-13-16-11(10-5-8-19-12(10)17-13)18-7-4-9-3-1-2-6-15-9/h1-3,5-6,8H,4,7H2,(H2,14,16,17). The van der Waals surface area contributed by atoms with Gasteiger partial charge in [-0.05, 0) is 23.6 Å². The van der Waals surface area contributed by atoms with Gasteiger partial charge >= 0.3 is 0 Å². The fourth-order valence-electron chi connectivity index (χ4n) is 1.75. The topological polar surface area (TPSA) is 73.9 Å². The minimum atomic E-state index is 0.239. The molecule has 6 heteroatoms. The number of thiophene rings is 1. The zero-order valence-corrected chi connectivity index (χ0v) is 10.9. The van der Waals surface area contributed by atoms with Crippen molar-refractivity contribution in [2.75, 3.05) is 12.3 Å². The van der Waals surface area contributed by atoms with Crippen LogP contribution in [0.2, 0.25) is 0 Å². The van der Waals surface area contributed by atoms with Gasteiger partial charge in [-0.25, -0.2) is 4.98 Å². The Bertz CT molecular complexity index is 683. The summed E-state index contributed by atoms with van der Waals surface area (Å²) < 4.78 is 5.70. The van der Waals surface area contributed by atoms with E-state index in [0.717, 1.165) is 22.3 Å². The van der Waals surface area contributed by atoms with E-state index in [9.17, 15) is 0 Å². The van der Waals surface area contributed by atoms with Crippen molar-refractivity contribution in [1.82, 2.24) is 15.0 Å². The lowest BCUT2D eigenvalue weighted by molar-refractivity contribution is 0.312. The number of rotatable bonds is 4. The van der Waals surface area contributed by atoms with Crippen LogP contribution in [0.4, 0.5) is 5.95 Å². The van der Waals surface area contributed by atoms with E-state index in [2.05, 4.69) is 15.0 Å². The zero-order chi connectivity index (χ0) is 13.1. The zero-order valence-electron chi connectivity index (χ0n) is 10.1. The summed E-state index contributed by atoms with van der Waals surface area (Å²) in [6, 6.07) is 7.76. The number of nitrogen functional groups attached to an aromatic ring is 1. The van der Waals surface area contributed by atoms with E-state index in [1.807, 2.05) is 29.6 Å². The molecule has 0 amide bonds. The molecule has 5 nitrogen and oxygen atoms in total. The Kier molecular flexibility index (Phi) is 3.24. The van der Waals surface area contributed by atoms with E-state index in [0.29, 0.717) is 12.5 Å². The van der Waals surface area contributed by atoms with E-state index >= 15 is 0 Å². The second-order valence-corrected chi connectivity index (χ2v) is 4.84. The molecule has 96 valence electrons. The lowest BCUT2D eigenvalue weighted by Crippen LogP contribution is -2.05. The first-order valence-corrected chi connectivity index (χ1v) is 6.74. The maximum absolute atomic E-state index is 5.70. The molecule has 0 bridgehead atoms. The smallest absolute Gasteiger partial charge is 0.227 e. The lowest BCUT2D eigenvalue weighted by atomic mass is 10.3. The molecule has 3 rings (SSSR count). The number of anilines is 1. The highest BCUT2D eigenvalue weighted by Crippen LogP contribution is 2.27. The van der Waals surface area contributed by atoms with Gasteiger partial charge in [0.15, 0.2) is 0 Å². The summed E-state index contributed by atoms with van der Waals surface area (Å²) in [6.07, 6.45) is 2.51. The van der Waals surface area contributed by atoms with Crippen molar-refractivity contribution >= 4 is 27.5 Å². The van der Waals surface area contributed by atoms with Crippen LogP contribution in [0.25, 0.3) is 10.2 Å². The molecule has 0 aliphatic carbocycles. The molecule has 0 radical (unpaired) electrons. The molecule has 0 saturated carbocycles. The number of nitrogens with zero attached hydrogens (tertiary/aromatic N) is 3. The first-order chi connectivity index (χ1) is 9.33. The van der Waals surface area contributed by atoms with Crippen LogP contribution >= 0.6 is 11.3 Å². The van der Waals surface area contributed by atoms with Gasteiger partial charge < -0.3 is 10.5 Å². The maximum atomic E-state index is 5.70. The third kappa shape index (κ3) is 2.63. The molecule has 0 fully saturated rings. The number of aromatic nitrogens is 3. The Labute approximate surface area is 114 Å². The van der Waals surface area contributed by atoms with Crippen molar-refractivity contribution in [1.29, 1.82) is 0 Å². The van der Waals surface area contributed by atoms with Crippen molar-refractivity contribution in [3.05, 3.63) is 41.5 Å². The monoisotopic (exact) mass is 272 g/mol. The molecule has 0 saturated heterocycles. The summed E-state index contributed by atoms with van der Waals surface area (Å²) in [7, 11) is 0. The van der Waals surface area contributed by atoms with Gasteiger partial charge in [0.2, 0.25) is 11.8 Å². The molecular formula is C13H12N4OS. The molecule has 0 atom stereocenters. The van der Waals surface area contributed by atoms with Gasteiger partial charge in [-0.1, -0.05) is 6.07 Å². The molecule has 19 heavy (non-hydrogen) atoms. The summed E-state index contributed by atoms with van der Waals surface area (Å²) in [6.45, 7) is 0.512. The van der Waals surface area contributed by atoms with E-state index in [-0.39, 0.29) is 5.95 Å². The average Bonchev–Trinajstić information content (AvgIpc) is 2.88. The molecule has 0 aliphatic heterocycles. The maximum Gasteiger partial charge on any atom is 0.227 e. The summed E-state index contributed by atoms with van der Waals surface area (Å²) in [5, 5.41) is 2.85. The molecule has 0 unspecified atom stereocenters. The van der Waals surface area contributed by atoms with Crippen LogP contribution in [-0.4, -0.2) is 21.6 Å². The Morgan fingerprint density at radius 2 is 2.16 bits per heavy atom. The fourth-order valence-corrected chi connectivity index (χ4v) is 2.51. The summed E-state index contributed by atoms with van der Waals surface area (Å²) in [5.41, 5.74) is 6.65. The predicted molar refractivity (Wildman–Crippen MR) is 75.3 cm³/mol. The normalized spacial score (nSPS) is 10.7. The van der Waals surface area contributed by atoms with Gasteiger partial charge in [-0.15, -0.1) is 11.3 Å². The first kappa shape index (κ1) is 11.9. The van der Waals surface area contributed by atoms with Gasteiger partial charge in [0.05, 0.1) is 12.0 Å². The Hall–Kier alpha value is -2.21. The molecule has 3 aromatic rings. The second-order valence-electron chi connectivity index (χ2n) is 3.95. The van der Waals surface area contributed by atoms with E-state index < -0.39 is 0 Å². The predicted octanol–water partition coefficient (Wildman–Crippen LogP) is 2.29. The van der Waals surface area contributed by atoms with Gasteiger partial charge in [-0.2, -0.15) is 4.98 Å². The van der Waals surface area contributed by atoms with Crippen molar-refractivity contribution < 1.29 is 4.74 Å². The number of hydrogen-bond donors (Lipinski definition) is 1. The number of fused-ring (bicyclic) bond motifs is 1. The van der Waals surface area contributed by atoms with Crippen LogP contribution in [0.1, 0.15) is 5.69 Å². The average molecular weight is 272 g/mol. The highest BCUT2D eigenvalue weighted by molar-refractivity contribution is 7.16.